The molecule has 412 valence electrons. The van der Waals surface area contributed by atoms with Crippen molar-refractivity contribution in [3.63, 3.8) is 0 Å². The zero-order valence-electron chi connectivity index (χ0n) is 39.2. The van der Waals surface area contributed by atoms with Gasteiger partial charge in [-0.2, -0.15) is 0 Å². The van der Waals surface area contributed by atoms with Crippen LogP contribution in [0.3, 0.4) is 0 Å². The summed E-state index contributed by atoms with van der Waals surface area (Å²) in [5, 5.41) is 107. The fourth-order valence-electron chi connectivity index (χ4n) is 8.97. The zero-order valence-corrected chi connectivity index (χ0v) is 39.2. The van der Waals surface area contributed by atoms with Gasteiger partial charge in [-0.05, 0) is 62.8 Å². The Labute approximate surface area is 428 Å². The molecule has 1 aromatic carbocycles. The van der Waals surface area contributed by atoms with E-state index in [0.717, 1.165) is 0 Å². The number of benzene rings is 1. The Kier molecular flexibility index (Phi) is 21.5. The first-order valence-electron chi connectivity index (χ1n) is 22.7. The molecule has 4 aliphatic heterocycles. The molecule has 0 radical (unpaired) electrons. The zero-order chi connectivity index (χ0) is 55.8. The number of rotatable bonds is 22. The van der Waals surface area contributed by atoms with Crippen LogP contribution in [0, 0.1) is 0 Å². The monoisotopic (exact) mass is 1090 g/mol. The maximum Gasteiger partial charge on any atom is 0.338 e. The van der Waals surface area contributed by atoms with Gasteiger partial charge in [0.25, 0.3) is 0 Å². The molecule has 5 fully saturated rings. The minimum absolute atomic E-state index is 0.0264. The topological polar surface area (TPSA) is 632 Å². The molecule has 1 saturated carbocycles. The highest BCUT2D eigenvalue weighted by molar-refractivity contribution is 5.89. The molecule has 77 heavy (non-hydrogen) atoms. The first-order valence-corrected chi connectivity index (χ1v) is 22.7. The fourth-order valence-corrected chi connectivity index (χ4v) is 8.97. The van der Waals surface area contributed by atoms with Crippen molar-refractivity contribution in [3.05, 3.63) is 119 Å². The molecular weight excluding hydrogens is 1040 g/mol. The predicted octanol–water partition coefficient (Wildman–Crippen LogP) is 1.54. The summed E-state index contributed by atoms with van der Waals surface area (Å²) >= 11 is 0. The van der Waals surface area contributed by atoms with Gasteiger partial charge in [0, 0.05) is 39.3 Å². The van der Waals surface area contributed by atoms with Crippen molar-refractivity contribution in [2.75, 3.05) is 26.2 Å². The Bertz CT molecular complexity index is 2600. The van der Waals surface area contributed by atoms with E-state index in [1.807, 2.05) is 0 Å². The first kappa shape index (κ1) is 58.8. The van der Waals surface area contributed by atoms with E-state index in [4.69, 9.17) is 59.2 Å². The SMILES string of the molecule is [N-]=[N+]=NCC1O[C@@H](O[C@H]2C(N=[N+]=[N-])C[C@@H](N=[N+]=[N-])C(O)[C@H]2O[C@@H]2O[C@H](CO[C@@H]3OC(CN=[N+]=[N-])[C@H](N=[N+]=[N-])[C@H](O)C3OC(=O)c3ccccc3)[C@H](O[C@H]3O[C@@H](CN=[N+]=[N-])[C@@H](O)C(O)C3N=[N+]=[N-])C2O)C(N=[N+]=[N-])[C@@H](O)[C@H]1O. The molecule has 0 bridgehead atoms. The number of azide groups is 8. The molecule has 4 saturated heterocycles. The molecule has 41 nitrogen and oxygen atoms in total. The number of aliphatic hydroxyl groups is 7. The predicted molar refractivity (Wildman–Crippen MR) is 244 cm³/mol. The molecule has 0 amide bonds. The van der Waals surface area contributed by atoms with Crippen LogP contribution < -0.4 is 0 Å². The van der Waals surface area contributed by atoms with Crippen molar-refractivity contribution in [2.24, 2.45) is 40.9 Å². The van der Waals surface area contributed by atoms with E-state index in [1.54, 1.807) is 6.07 Å². The molecule has 9 unspecified atom stereocenters. The quantitative estimate of drug-likeness (QED) is 0.0375. The maximum atomic E-state index is 13.4. The van der Waals surface area contributed by atoms with Crippen molar-refractivity contribution in [1.29, 1.82) is 0 Å². The summed E-state index contributed by atoms with van der Waals surface area (Å²) in [5.74, 6) is -1.04. The van der Waals surface area contributed by atoms with Gasteiger partial charge in [0.1, 0.15) is 54.8 Å². The maximum absolute atomic E-state index is 13.4. The standard InChI is InChI=1S/C36H46N24O17/c37-53-45-7-14-18(50-58-42)26(66)31(74-32(68)11-4-2-1-3-5-11)36(70-14)69-10-17-29(76-34-20(52-60-44)25(65)23(63)16(72-34)9-47-55-39)27(67)35(73-17)77-30-21(61)12(48-56-40)6-13(49-57-41)28(30)75-33-19(51-59-43)24(64)22(62)15(71-33)8-46-54-38/h1-5,12-31,33-36,61-67H,6-10H2/t12-,13?,14?,15?,16+,17-,18+,19?,20?,21?,22+,23-,24-,25?,26+,27?,28+,29+,30-,31?,33+,34-,35+,36-/m1/s1. The van der Waals surface area contributed by atoms with E-state index in [1.165, 1.54) is 24.3 Å². The number of carbonyl (C=O) groups excluding carboxylic acids is 1. The van der Waals surface area contributed by atoms with Gasteiger partial charge in [-0.1, -0.05) is 59.1 Å². The van der Waals surface area contributed by atoms with E-state index in [-0.39, 0.29) is 5.56 Å². The van der Waals surface area contributed by atoms with Crippen LogP contribution in [0.5, 0.6) is 0 Å². The Balaban J connectivity index is 1.40. The van der Waals surface area contributed by atoms with Gasteiger partial charge < -0.3 is 78.4 Å². The molecular formula is C36H46N24O17. The lowest BCUT2D eigenvalue weighted by atomic mass is 9.84. The largest absolute Gasteiger partial charge is 0.451 e. The number of aliphatic hydroxyl groups excluding tert-OH is 7. The van der Waals surface area contributed by atoms with Gasteiger partial charge in [0.15, 0.2) is 31.3 Å². The third-order valence-electron chi connectivity index (χ3n) is 12.7. The van der Waals surface area contributed by atoms with E-state index in [2.05, 4.69) is 80.2 Å². The van der Waals surface area contributed by atoms with Crippen LogP contribution in [0.1, 0.15) is 16.8 Å². The van der Waals surface area contributed by atoms with Crippen LogP contribution in [0.15, 0.2) is 71.2 Å². The van der Waals surface area contributed by atoms with Crippen LogP contribution in [0.2, 0.25) is 0 Å². The summed E-state index contributed by atoms with van der Waals surface area (Å²) < 4.78 is 53.8. The molecule has 1 aliphatic carbocycles. The highest BCUT2D eigenvalue weighted by Crippen LogP contribution is 2.39. The normalized spacial score (nSPS) is 39.3. The van der Waals surface area contributed by atoms with Crippen LogP contribution in [-0.4, -0.2) is 215 Å². The highest BCUT2D eigenvalue weighted by atomic mass is 16.8. The summed E-state index contributed by atoms with van der Waals surface area (Å²) in [4.78, 5) is 34.9. The Morgan fingerprint density at radius 3 is 1.47 bits per heavy atom. The number of hydrogen-bond acceptors (Lipinski definition) is 25. The van der Waals surface area contributed by atoms with Gasteiger partial charge in [-0.25, -0.2) is 4.79 Å². The Morgan fingerprint density at radius 2 is 0.935 bits per heavy atom. The lowest BCUT2D eigenvalue weighted by Crippen LogP contribution is -2.63. The summed E-state index contributed by atoms with van der Waals surface area (Å²) in [6.45, 7) is -2.75. The van der Waals surface area contributed by atoms with Gasteiger partial charge in [-0.3, -0.25) is 0 Å². The smallest absolute Gasteiger partial charge is 0.338 e. The third-order valence-corrected chi connectivity index (χ3v) is 12.7. The number of hydrogen-bond donors (Lipinski definition) is 7. The lowest BCUT2D eigenvalue weighted by molar-refractivity contribution is -0.308. The van der Waals surface area contributed by atoms with Gasteiger partial charge in [0.05, 0.1) is 92.7 Å². The van der Waals surface area contributed by atoms with Crippen molar-refractivity contribution in [3.8, 4) is 0 Å². The number of carbonyl (C=O) groups is 1. The van der Waals surface area contributed by atoms with Crippen molar-refractivity contribution < 1.29 is 83.2 Å². The Morgan fingerprint density at radius 1 is 0.468 bits per heavy atom. The minimum atomic E-state index is -2.19. The highest BCUT2D eigenvalue weighted by Gasteiger charge is 2.57. The van der Waals surface area contributed by atoms with Crippen molar-refractivity contribution in [1.82, 2.24) is 0 Å². The number of nitrogens with zero attached hydrogens (tertiary/aromatic N) is 24. The number of esters is 1. The number of ether oxygens (including phenoxy) is 9. The Hall–Kier alpha value is -7.43. The van der Waals surface area contributed by atoms with E-state index in [9.17, 15) is 68.2 Å². The van der Waals surface area contributed by atoms with Crippen LogP contribution in [-0.2, 0) is 42.6 Å². The summed E-state index contributed by atoms with van der Waals surface area (Å²) in [5.41, 5.74) is 74.4. The van der Waals surface area contributed by atoms with Gasteiger partial charge >= 0.3 is 5.97 Å². The molecule has 41 heteroatoms. The van der Waals surface area contributed by atoms with E-state index >= 15 is 0 Å². The second-order valence-corrected chi connectivity index (χ2v) is 17.1. The second-order valence-electron chi connectivity index (χ2n) is 17.1. The summed E-state index contributed by atoms with van der Waals surface area (Å²) in [7, 11) is 0. The molecule has 7 N–H and O–H groups in total. The van der Waals surface area contributed by atoms with Crippen LogP contribution in [0.4, 0.5) is 0 Å². The second kappa shape index (κ2) is 28.1. The average molecular weight is 1090 g/mol. The van der Waals surface area contributed by atoms with E-state index < -0.39 is 186 Å². The van der Waals surface area contributed by atoms with Crippen molar-refractivity contribution in [2.45, 2.75) is 153 Å². The van der Waals surface area contributed by atoms with Crippen molar-refractivity contribution >= 4 is 5.97 Å². The molecule has 5 aliphatic rings. The minimum Gasteiger partial charge on any atom is -0.451 e. The van der Waals surface area contributed by atoms with Crippen LogP contribution in [0.25, 0.3) is 83.5 Å². The summed E-state index contributed by atoms with van der Waals surface area (Å²) in [6, 6.07) is -0.976. The molecule has 0 aromatic heterocycles. The average Bonchev–Trinajstić information content (AvgIpc) is 3.73. The molecule has 6 rings (SSSR count). The molecule has 0 spiro atoms. The molecule has 4 heterocycles. The first-order chi connectivity index (χ1) is 37.2. The third kappa shape index (κ3) is 13.8. The van der Waals surface area contributed by atoms with Gasteiger partial charge in [0.2, 0.25) is 0 Å². The van der Waals surface area contributed by atoms with E-state index in [0.29, 0.717) is 0 Å². The molecule has 24 atom stereocenters. The molecule has 1 aromatic rings. The fraction of sp³-hybridized carbons (Fsp3) is 0.806. The summed E-state index contributed by atoms with van der Waals surface area (Å²) in [6.07, 6.45) is -36.2. The lowest BCUT2D eigenvalue weighted by Gasteiger charge is -2.47. The van der Waals surface area contributed by atoms with Crippen LogP contribution >= 0.6 is 0 Å². The van der Waals surface area contributed by atoms with Gasteiger partial charge in [-0.15, -0.1) is 0 Å².